The van der Waals surface area contributed by atoms with Crippen LogP contribution in [-0.4, -0.2) is 17.7 Å². The minimum absolute atomic E-state index is 0.217. The second-order valence-corrected chi connectivity index (χ2v) is 6.22. The van der Waals surface area contributed by atoms with Gasteiger partial charge < -0.3 is 15.2 Å². The molecule has 1 heterocycles. The lowest BCUT2D eigenvalue weighted by Gasteiger charge is -2.06. The number of hydrogen-bond donors (Lipinski definition) is 3. The van der Waals surface area contributed by atoms with Gasteiger partial charge in [0.1, 0.15) is 5.82 Å². The van der Waals surface area contributed by atoms with Crippen LogP contribution in [0.2, 0.25) is 0 Å². The third-order valence-electron chi connectivity index (χ3n) is 4.19. The van der Waals surface area contributed by atoms with Crippen LogP contribution >= 0.6 is 0 Å². The molecule has 0 radical (unpaired) electrons. The Labute approximate surface area is 158 Å². The molecule has 140 valence electrons. The molecule has 0 saturated heterocycles. The Morgan fingerprint density at radius 2 is 1.89 bits per heavy atom. The molecule has 2 aromatic carbocycles. The largest absolute Gasteiger partial charge is 0.359 e. The van der Waals surface area contributed by atoms with E-state index < -0.39 is 0 Å². The number of nitrogens with zero attached hydrogens (tertiary/aromatic N) is 1. The summed E-state index contributed by atoms with van der Waals surface area (Å²) in [5.41, 5.74) is 3.22. The number of aryl methyl sites for hydroxylation is 2. The van der Waals surface area contributed by atoms with Crippen molar-refractivity contribution in [2.75, 3.05) is 6.54 Å². The first-order chi connectivity index (χ1) is 13.2. The minimum atomic E-state index is -0.217. The molecular formula is C21H23FN4O. The van der Waals surface area contributed by atoms with Gasteiger partial charge in [-0.25, -0.2) is 4.39 Å². The van der Waals surface area contributed by atoms with Gasteiger partial charge in [0.25, 0.3) is 0 Å². The number of nitrogens with one attached hydrogen (secondary N) is 3. The summed E-state index contributed by atoms with van der Waals surface area (Å²) < 4.78 is 19.7. The molecule has 27 heavy (non-hydrogen) atoms. The highest BCUT2D eigenvalue weighted by molar-refractivity contribution is 5.76. The summed E-state index contributed by atoms with van der Waals surface area (Å²) in [6.45, 7) is 3.02. The zero-order valence-corrected chi connectivity index (χ0v) is 15.3. The average Bonchev–Trinajstić information content (AvgIpc) is 3.14. The van der Waals surface area contributed by atoms with Crippen molar-refractivity contribution in [3.8, 4) is 11.1 Å². The van der Waals surface area contributed by atoms with E-state index in [1.54, 1.807) is 6.07 Å². The highest BCUT2D eigenvalue weighted by Crippen LogP contribution is 2.23. The Morgan fingerprint density at radius 1 is 1.07 bits per heavy atom. The topological polar surface area (TPSA) is 73.9 Å². The summed E-state index contributed by atoms with van der Waals surface area (Å²) in [5, 5.41) is 17.4. The second kappa shape index (κ2) is 8.98. The molecule has 0 saturated carbocycles. The maximum absolute atomic E-state index is 14.4. The van der Waals surface area contributed by atoms with E-state index in [-0.39, 0.29) is 11.8 Å². The molecule has 6 heteroatoms. The van der Waals surface area contributed by atoms with Crippen molar-refractivity contribution in [3.05, 3.63) is 77.4 Å². The number of rotatable bonds is 7. The maximum atomic E-state index is 14.4. The molecule has 0 spiro atoms. The summed E-state index contributed by atoms with van der Waals surface area (Å²) in [7, 11) is 0. The summed E-state index contributed by atoms with van der Waals surface area (Å²) in [6.07, 6.45) is 1.34. The van der Waals surface area contributed by atoms with Crippen molar-refractivity contribution in [2.24, 2.45) is 0 Å². The monoisotopic (exact) mass is 366 g/mol. The standard InChI is InChI=1S/C21H23FN4O/c1-2-24-21(23)25-14-18-13-17(26-27-18)10-8-15-9-11-19(20(22)12-15)16-6-4-3-5-7-16/h3-7,9,11-13H,2,8,10,14H2,1H3,(H3,23,24,25). The van der Waals surface area contributed by atoms with Gasteiger partial charge in [0.05, 0.1) is 12.2 Å². The number of aromatic nitrogens is 1. The fraction of sp³-hybridized carbons (Fsp3) is 0.238. The molecule has 5 nitrogen and oxygen atoms in total. The van der Waals surface area contributed by atoms with Crippen LogP contribution in [0.1, 0.15) is 23.9 Å². The van der Waals surface area contributed by atoms with E-state index in [4.69, 9.17) is 9.93 Å². The highest BCUT2D eigenvalue weighted by atomic mass is 19.1. The van der Waals surface area contributed by atoms with Crippen LogP contribution < -0.4 is 10.6 Å². The predicted molar refractivity (Wildman–Crippen MR) is 104 cm³/mol. The van der Waals surface area contributed by atoms with Gasteiger partial charge in [-0.2, -0.15) is 0 Å². The predicted octanol–water partition coefficient (Wildman–Crippen LogP) is 3.90. The van der Waals surface area contributed by atoms with Crippen molar-refractivity contribution >= 4 is 5.96 Å². The van der Waals surface area contributed by atoms with Crippen molar-refractivity contribution in [1.82, 2.24) is 15.8 Å². The first kappa shape index (κ1) is 18.6. The van der Waals surface area contributed by atoms with Gasteiger partial charge in [-0.3, -0.25) is 5.41 Å². The molecule has 3 N–H and O–H groups in total. The number of hydrogen-bond acceptors (Lipinski definition) is 3. The molecule has 3 rings (SSSR count). The molecule has 0 aliphatic carbocycles. The van der Waals surface area contributed by atoms with Gasteiger partial charge in [0.2, 0.25) is 0 Å². The lowest BCUT2D eigenvalue weighted by Crippen LogP contribution is -2.35. The third-order valence-corrected chi connectivity index (χ3v) is 4.19. The van der Waals surface area contributed by atoms with Gasteiger partial charge >= 0.3 is 0 Å². The first-order valence-electron chi connectivity index (χ1n) is 9.00. The summed E-state index contributed by atoms with van der Waals surface area (Å²) in [6, 6.07) is 16.7. The SMILES string of the molecule is CCNC(=N)NCc1cc(CCc2ccc(-c3ccccc3)c(F)c2)no1. The van der Waals surface area contributed by atoms with Crippen LogP contribution in [-0.2, 0) is 19.4 Å². The Kier molecular flexibility index (Phi) is 6.20. The second-order valence-electron chi connectivity index (χ2n) is 6.22. The van der Waals surface area contributed by atoms with Crippen LogP contribution in [0.4, 0.5) is 4.39 Å². The molecule has 0 aliphatic rings. The van der Waals surface area contributed by atoms with Crippen molar-refractivity contribution in [3.63, 3.8) is 0 Å². The summed E-state index contributed by atoms with van der Waals surface area (Å²) in [4.78, 5) is 0. The molecule has 0 fully saturated rings. The molecule has 0 aliphatic heterocycles. The minimum Gasteiger partial charge on any atom is -0.359 e. The van der Waals surface area contributed by atoms with E-state index in [1.807, 2.05) is 55.5 Å². The molecular weight excluding hydrogens is 343 g/mol. The number of benzene rings is 2. The fourth-order valence-electron chi connectivity index (χ4n) is 2.81. The summed E-state index contributed by atoms with van der Waals surface area (Å²) in [5.74, 6) is 0.702. The number of halogens is 1. The van der Waals surface area contributed by atoms with E-state index in [0.717, 1.165) is 16.8 Å². The quantitative estimate of drug-likeness (QED) is 0.438. The van der Waals surface area contributed by atoms with Crippen LogP contribution in [0.3, 0.4) is 0 Å². The normalized spacial score (nSPS) is 10.6. The molecule has 0 amide bonds. The van der Waals surface area contributed by atoms with Crippen LogP contribution in [0.25, 0.3) is 11.1 Å². The van der Waals surface area contributed by atoms with Crippen molar-refractivity contribution in [2.45, 2.75) is 26.3 Å². The van der Waals surface area contributed by atoms with E-state index in [1.165, 1.54) is 0 Å². The molecule has 1 aromatic heterocycles. The third kappa shape index (κ3) is 5.17. The zero-order valence-electron chi connectivity index (χ0n) is 15.3. The van der Waals surface area contributed by atoms with Gasteiger partial charge in [0.15, 0.2) is 11.7 Å². The van der Waals surface area contributed by atoms with E-state index in [9.17, 15) is 4.39 Å². The average molecular weight is 366 g/mol. The first-order valence-corrected chi connectivity index (χ1v) is 9.00. The Balaban J connectivity index is 1.56. The zero-order chi connectivity index (χ0) is 19.1. The van der Waals surface area contributed by atoms with Crippen molar-refractivity contribution in [1.29, 1.82) is 5.41 Å². The van der Waals surface area contributed by atoms with Crippen molar-refractivity contribution < 1.29 is 8.91 Å². The smallest absolute Gasteiger partial charge is 0.188 e. The Hall–Kier alpha value is -3.15. The van der Waals surface area contributed by atoms with Crippen LogP contribution in [0.5, 0.6) is 0 Å². The number of guanidine groups is 1. The lowest BCUT2D eigenvalue weighted by atomic mass is 10.0. The lowest BCUT2D eigenvalue weighted by molar-refractivity contribution is 0.374. The molecule has 0 atom stereocenters. The highest BCUT2D eigenvalue weighted by Gasteiger charge is 2.08. The molecule has 0 bridgehead atoms. The molecule has 0 unspecified atom stereocenters. The van der Waals surface area contributed by atoms with Crippen LogP contribution in [0.15, 0.2) is 59.1 Å². The van der Waals surface area contributed by atoms with E-state index in [0.29, 0.717) is 37.3 Å². The van der Waals surface area contributed by atoms with Gasteiger partial charge in [-0.05, 0) is 37.0 Å². The van der Waals surface area contributed by atoms with E-state index in [2.05, 4.69) is 15.8 Å². The van der Waals surface area contributed by atoms with E-state index >= 15 is 0 Å². The molecule has 3 aromatic rings. The summed E-state index contributed by atoms with van der Waals surface area (Å²) >= 11 is 0. The fourth-order valence-corrected chi connectivity index (χ4v) is 2.81. The van der Waals surface area contributed by atoms with Gasteiger partial charge in [-0.1, -0.05) is 47.6 Å². The maximum Gasteiger partial charge on any atom is 0.188 e. The van der Waals surface area contributed by atoms with Gasteiger partial charge in [0, 0.05) is 18.2 Å². The van der Waals surface area contributed by atoms with Crippen LogP contribution in [0, 0.1) is 11.2 Å². The Morgan fingerprint density at radius 3 is 2.63 bits per heavy atom. The Bertz CT molecular complexity index is 892. The van der Waals surface area contributed by atoms with Gasteiger partial charge in [-0.15, -0.1) is 0 Å².